The molecule has 0 bridgehead atoms. The van der Waals surface area contributed by atoms with E-state index in [1.165, 1.54) is 17.7 Å². The molecule has 4 N–H and O–H groups in total. The molecular weight excluding hydrogens is 270 g/mol. The Morgan fingerprint density at radius 1 is 1.25 bits per heavy atom. The number of amides is 2. The Bertz CT molecular complexity index is 593. The third-order valence-corrected chi connectivity index (χ3v) is 4.35. The van der Waals surface area contributed by atoms with Crippen LogP contribution >= 0.6 is 11.3 Å². The fourth-order valence-electron chi connectivity index (χ4n) is 2.33. The SMILES string of the molecule is NC(=O)Nc1cccc(NC(c2cccs2)C2CC2)c1. The van der Waals surface area contributed by atoms with Gasteiger partial charge in [-0.2, -0.15) is 0 Å². The largest absolute Gasteiger partial charge is 0.377 e. The van der Waals surface area contributed by atoms with Crippen molar-refractivity contribution in [2.45, 2.75) is 18.9 Å². The smallest absolute Gasteiger partial charge is 0.316 e. The van der Waals surface area contributed by atoms with Gasteiger partial charge in [-0.15, -0.1) is 11.3 Å². The van der Waals surface area contributed by atoms with Gasteiger partial charge in [-0.25, -0.2) is 4.79 Å². The zero-order valence-electron chi connectivity index (χ0n) is 11.0. The zero-order valence-corrected chi connectivity index (χ0v) is 11.8. The molecule has 1 aliphatic carbocycles. The van der Waals surface area contributed by atoms with Gasteiger partial charge in [0.25, 0.3) is 0 Å². The summed E-state index contributed by atoms with van der Waals surface area (Å²) >= 11 is 1.78. The lowest BCUT2D eigenvalue weighted by atomic mass is 10.1. The van der Waals surface area contributed by atoms with Crippen molar-refractivity contribution in [3.05, 3.63) is 46.7 Å². The lowest BCUT2D eigenvalue weighted by molar-refractivity contribution is 0.259. The quantitative estimate of drug-likeness (QED) is 0.783. The van der Waals surface area contributed by atoms with Crippen molar-refractivity contribution in [2.75, 3.05) is 10.6 Å². The van der Waals surface area contributed by atoms with Crippen LogP contribution in [0, 0.1) is 5.92 Å². The molecule has 0 spiro atoms. The molecule has 2 aromatic rings. The van der Waals surface area contributed by atoms with E-state index in [2.05, 4.69) is 28.1 Å². The number of anilines is 2. The highest BCUT2D eigenvalue weighted by Crippen LogP contribution is 2.44. The first-order chi connectivity index (χ1) is 9.72. The fourth-order valence-corrected chi connectivity index (χ4v) is 3.20. The highest BCUT2D eigenvalue weighted by Gasteiger charge is 2.32. The van der Waals surface area contributed by atoms with Crippen molar-refractivity contribution in [1.82, 2.24) is 0 Å². The number of thiophene rings is 1. The molecule has 1 aromatic heterocycles. The lowest BCUT2D eigenvalue weighted by Gasteiger charge is -2.18. The van der Waals surface area contributed by atoms with Crippen LogP contribution in [0.3, 0.4) is 0 Å². The summed E-state index contributed by atoms with van der Waals surface area (Å²) in [7, 11) is 0. The van der Waals surface area contributed by atoms with E-state index in [0.717, 1.165) is 5.69 Å². The molecule has 20 heavy (non-hydrogen) atoms. The Kier molecular flexibility index (Phi) is 3.60. The van der Waals surface area contributed by atoms with Gasteiger partial charge in [-0.05, 0) is 48.4 Å². The van der Waals surface area contributed by atoms with Crippen molar-refractivity contribution in [1.29, 1.82) is 0 Å². The van der Waals surface area contributed by atoms with E-state index >= 15 is 0 Å². The van der Waals surface area contributed by atoms with Crippen LogP contribution in [0.2, 0.25) is 0 Å². The van der Waals surface area contributed by atoms with Gasteiger partial charge in [0, 0.05) is 16.3 Å². The third-order valence-electron chi connectivity index (χ3n) is 3.40. The summed E-state index contributed by atoms with van der Waals surface area (Å²) in [5, 5.41) is 8.28. The highest BCUT2D eigenvalue weighted by atomic mass is 32.1. The number of primary amides is 1. The molecule has 0 saturated heterocycles. The topological polar surface area (TPSA) is 67.2 Å². The summed E-state index contributed by atoms with van der Waals surface area (Å²) in [5.41, 5.74) is 6.86. The Morgan fingerprint density at radius 3 is 2.70 bits per heavy atom. The second-order valence-corrected chi connectivity index (χ2v) is 6.02. The fraction of sp³-hybridized carbons (Fsp3) is 0.267. The van der Waals surface area contributed by atoms with Crippen molar-refractivity contribution in [2.24, 2.45) is 11.7 Å². The van der Waals surface area contributed by atoms with E-state index in [1.807, 2.05) is 24.3 Å². The van der Waals surface area contributed by atoms with Crippen LogP contribution < -0.4 is 16.4 Å². The third kappa shape index (κ3) is 3.11. The van der Waals surface area contributed by atoms with Crippen molar-refractivity contribution in [3.63, 3.8) is 0 Å². The van der Waals surface area contributed by atoms with Crippen LogP contribution in [0.4, 0.5) is 16.2 Å². The summed E-state index contributed by atoms with van der Waals surface area (Å²) in [6.45, 7) is 0. The van der Waals surface area contributed by atoms with Crippen molar-refractivity contribution in [3.8, 4) is 0 Å². The number of rotatable bonds is 5. The van der Waals surface area contributed by atoms with Gasteiger partial charge in [0.1, 0.15) is 0 Å². The molecular formula is C15H17N3OS. The zero-order chi connectivity index (χ0) is 13.9. The van der Waals surface area contributed by atoms with Crippen LogP contribution in [0.5, 0.6) is 0 Å². The minimum Gasteiger partial charge on any atom is -0.377 e. The van der Waals surface area contributed by atoms with Gasteiger partial charge >= 0.3 is 6.03 Å². The lowest BCUT2D eigenvalue weighted by Crippen LogP contribution is -2.19. The van der Waals surface area contributed by atoms with E-state index in [-0.39, 0.29) is 0 Å². The van der Waals surface area contributed by atoms with Gasteiger partial charge in [0.05, 0.1) is 6.04 Å². The molecule has 1 saturated carbocycles. The maximum Gasteiger partial charge on any atom is 0.316 e. The number of carbonyl (C=O) groups is 1. The van der Waals surface area contributed by atoms with Gasteiger partial charge in [0.15, 0.2) is 0 Å². The first-order valence-corrected chi connectivity index (χ1v) is 7.57. The predicted octanol–water partition coefficient (Wildman–Crippen LogP) is 3.80. The first kappa shape index (κ1) is 13.0. The summed E-state index contributed by atoms with van der Waals surface area (Å²) in [4.78, 5) is 12.3. The Balaban J connectivity index is 1.77. The highest BCUT2D eigenvalue weighted by molar-refractivity contribution is 7.10. The molecule has 104 valence electrons. The van der Waals surface area contributed by atoms with E-state index in [9.17, 15) is 4.79 Å². The molecule has 1 atom stereocenters. The minimum atomic E-state index is -0.542. The molecule has 3 rings (SSSR count). The first-order valence-electron chi connectivity index (χ1n) is 6.69. The predicted molar refractivity (Wildman–Crippen MR) is 83.1 cm³/mol. The Labute approximate surface area is 122 Å². The van der Waals surface area contributed by atoms with Gasteiger partial charge in [0.2, 0.25) is 0 Å². The van der Waals surface area contributed by atoms with Crippen molar-refractivity contribution < 1.29 is 4.79 Å². The van der Waals surface area contributed by atoms with E-state index < -0.39 is 6.03 Å². The second kappa shape index (κ2) is 5.54. The molecule has 1 aromatic carbocycles. The average Bonchev–Trinajstić information content (AvgIpc) is 3.10. The van der Waals surface area contributed by atoms with Crippen LogP contribution in [-0.2, 0) is 0 Å². The molecule has 4 nitrogen and oxygen atoms in total. The van der Waals surface area contributed by atoms with Crippen LogP contribution in [-0.4, -0.2) is 6.03 Å². The summed E-state index contributed by atoms with van der Waals surface area (Å²) in [6, 6.07) is 11.7. The van der Waals surface area contributed by atoms with E-state index in [4.69, 9.17) is 5.73 Å². The molecule has 2 amide bonds. The molecule has 1 fully saturated rings. The summed E-state index contributed by atoms with van der Waals surface area (Å²) in [6.07, 6.45) is 2.55. The maximum absolute atomic E-state index is 10.9. The Morgan fingerprint density at radius 2 is 2.05 bits per heavy atom. The van der Waals surface area contributed by atoms with E-state index in [0.29, 0.717) is 17.6 Å². The second-order valence-electron chi connectivity index (χ2n) is 5.04. The summed E-state index contributed by atoms with van der Waals surface area (Å²) < 4.78 is 0. The molecule has 0 radical (unpaired) electrons. The molecule has 1 unspecified atom stereocenters. The van der Waals surface area contributed by atoms with Gasteiger partial charge < -0.3 is 16.4 Å². The number of nitrogens with one attached hydrogen (secondary N) is 2. The van der Waals surface area contributed by atoms with E-state index in [1.54, 1.807) is 11.3 Å². The van der Waals surface area contributed by atoms with Crippen LogP contribution in [0.25, 0.3) is 0 Å². The normalized spacial score (nSPS) is 15.6. The van der Waals surface area contributed by atoms with Crippen LogP contribution in [0.1, 0.15) is 23.8 Å². The number of urea groups is 1. The number of hydrogen-bond donors (Lipinski definition) is 3. The number of nitrogens with two attached hydrogens (primary N) is 1. The summed E-state index contributed by atoms with van der Waals surface area (Å²) in [5.74, 6) is 0.710. The number of hydrogen-bond acceptors (Lipinski definition) is 3. The molecule has 5 heteroatoms. The molecule has 1 heterocycles. The van der Waals surface area contributed by atoms with Gasteiger partial charge in [-0.3, -0.25) is 0 Å². The number of benzene rings is 1. The Hall–Kier alpha value is -2.01. The molecule has 0 aliphatic heterocycles. The standard InChI is InChI=1S/C15H17N3OS/c16-15(19)18-12-4-1-3-11(9-12)17-14(10-6-7-10)13-5-2-8-20-13/h1-5,8-10,14,17H,6-7H2,(H3,16,18,19). The van der Waals surface area contributed by atoms with Crippen molar-refractivity contribution >= 4 is 28.7 Å². The number of carbonyl (C=O) groups excluding carboxylic acids is 1. The van der Waals surface area contributed by atoms with Crippen LogP contribution in [0.15, 0.2) is 41.8 Å². The maximum atomic E-state index is 10.9. The van der Waals surface area contributed by atoms with Gasteiger partial charge in [-0.1, -0.05) is 12.1 Å². The monoisotopic (exact) mass is 287 g/mol. The average molecular weight is 287 g/mol. The minimum absolute atomic E-state index is 0.360. The molecule has 1 aliphatic rings.